The molecule has 0 saturated carbocycles. The SMILES string of the molecule is O=C(COc1ccccc1C(=O)Nc1cccc(SC(F)F)c1)Nc1ccccc1F. The lowest BCUT2D eigenvalue weighted by molar-refractivity contribution is -0.118. The quantitative estimate of drug-likeness (QED) is 0.454. The minimum absolute atomic E-state index is 0.0173. The molecule has 0 aliphatic heterocycles. The van der Waals surface area contributed by atoms with Gasteiger partial charge in [-0.1, -0.05) is 42.1 Å². The normalized spacial score (nSPS) is 10.6. The van der Waals surface area contributed by atoms with E-state index in [1.54, 1.807) is 30.3 Å². The van der Waals surface area contributed by atoms with Gasteiger partial charge in [0.05, 0.1) is 11.3 Å². The lowest BCUT2D eigenvalue weighted by atomic mass is 10.2. The Bertz CT molecular complexity index is 1080. The second-order valence-corrected chi connectivity index (χ2v) is 7.24. The molecule has 9 heteroatoms. The average Bonchev–Trinajstić information content (AvgIpc) is 2.74. The summed E-state index contributed by atoms with van der Waals surface area (Å²) in [5.41, 5.74) is 0.500. The largest absolute Gasteiger partial charge is 0.483 e. The van der Waals surface area contributed by atoms with Gasteiger partial charge >= 0.3 is 0 Å². The van der Waals surface area contributed by atoms with E-state index in [0.717, 1.165) is 0 Å². The molecule has 0 spiro atoms. The van der Waals surface area contributed by atoms with Crippen LogP contribution in [0, 0.1) is 5.82 Å². The molecule has 2 N–H and O–H groups in total. The van der Waals surface area contributed by atoms with Crippen molar-refractivity contribution in [2.75, 3.05) is 17.2 Å². The summed E-state index contributed by atoms with van der Waals surface area (Å²) < 4.78 is 44.2. The molecule has 3 aromatic rings. The van der Waals surface area contributed by atoms with E-state index in [1.165, 1.54) is 42.5 Å². The van der Waals surface area contributed by atoms with Crippen molar-refractivity contribution in [2.45, 2.75) is 10.7 Å². The highest BCUT2D eigenvalue weighted by Crippen LogP contribution is 2.28. The Balaban J connectivity index is 1.65. The van der Waals surface area contributed by atoms with Crippen LogP contribution in [-0.2, 0) is 4.79 Å². The number of rotatable bonds is 8. The number of ether oxygens (including phenoxy) is 1. The maximum Gasteiger partial charge on any atom is 0.288 e. The zero-order valence-electron chi connectivity index (χ0n) is 16.0. The van der Waals surface area contributed by atoms with Gasteiger partial charge in [-0.05, 0) is 42.5 Å². The van der Waals surface area contributed by atoms with Gasteiger partial charge in [0.1, 0.15) is 11.6 Å². The van der Waals surface area contributed by atoms with Crippen molar-refractivity contribution < 1.29 is 27.5 Å². The van der Waals surface area contributed by atoms with Gasteiger partial charge in [-0.15, -0.1) is 0 Å². The number of para-hydroxylation sites is 2. The molecular weight excluding hydrogens is 429 g/mol. The standard InChI is InChI=1S/C22H17F3N2O3S/c23-17-9-2-3-10-18(17)27-20(28)13-30-19-11-4-1-8-16(19)21(29)26-14-6-5-7-15(12-14)31-22(24)25/h1-12,22H,13H2,(H,26,29)(H,27,28). The molecule has 0 saturated heterocycles. The molecule has 0 atom stereocenters. The van der Waals surface area contributed by atoms with Crippen molar-refractivity contribution >= 4 is 35.0 Å². The van der Waals surface area contributed by atoms with E-state index < -0.39 is 30.0 Å². The third-order valence-corrected chi connectivity index (χ3v) is 4.66. The van der Waals surface area contributed by atoms with E-state index in [1.807, 2.05) is 0 Å². The van der Waals surface area contributed by atoms with Gasteiger partial charge < -0.3 is 15.4 Å². The number of nitrogens with one attached hydrogen (secondary N) is 2. The van der Waals surface area contributed by atoms with Crippen LogP contribution in [0.2, 0.25) is 0 Å². The predicted molar refractivity (Wildman–Crippen MR) is 113 cm³/mol. The van der Waals surface area contributed by atoms with E-state index in [2.05, 4.69) is 10.6 Å². The molecule has 0 aliphatic carbocycles. The molecule has 0 heterocycles. The third kappa shape index (κ3) is 6.51. The molecule has 0 aromatic heterocycles. The lowest BCUT2D eigenvalue weighted by Crippen LogP contribution is -2.22. The summed E-state index contributed by atoms with van der Waals surface area (Å²) >= 11 is 0.371. The van der Waals surface area contributed by atoms with Gasteiger partial charge in [-0.3, -0.25) is 9.59 Å². The second-order valence-electron chi connectivity index (χ2n) is 6.17. The highest BCUT2D eigenvalue weighted by atomic mass is 32.2. The summed E-state index contributed by atoms with van der Waals surface area (Å²) in [4.78, 5) is 25.0. The second kappa shape index (κ2) is 10.5. The van der Waals surface area contributed by atoms with Crippen LogP contribution in [0.4, 0.5) is 24.5 Å². The molecule has 0 bridgehead atoms. The van der Waals surface area contributed by atoms with Crippen LogP contribution >= 0.6 is 11.8 Å². The van der Waals surface area contributed by atoms with Gasteiger partial charge in [0.2, 0.25) is 0 Å². The number of hydrogen-bond donors (Lipinski definition) is 2. The van der Waals surface area contributed by atoms with Crippen molar-refractivity contribution in [1.29, 1.82) is 0 Å². The maximum atomic E-state index is 13.6. The first-order valence-electron chi connectivity index (χ1n) is 9.05. The number of amides is 2. The fourth-order valence-electron chi connectivity index (χ4n) is 2.62. The van der Waals surface area contributed by atoms with Crippen molar-refractivity contribution in [3.8, 4) is 5.75 Å². The van der Waals surface area contributed by atoms with Crippen LogP contribution in [-0.4, -0.2) is 24.2 Å². The predicted octanol–water partition coefficient (Wildman–Crippen LogP) is 5.41. The monoisotopic (exact) mass is 446 g/mol. The molecule has 0 aliphatic rings. The summed E-state index contributed by atoms with van der Waals surface area (Å²) in [6, 6.07) is 18.0. The number of thioether (sulfide) groups is 1. The molecule has 3 aromatic carbocycles. The molecule has 2 amide bonds. The topological polar surface area (TPSA) is 67.4 Å². The Hall–Kier alpha value is -3.46. The number of carbonyl (C=O) groups is 2. The fraction of sp³-hybridized carbons (Fsp3) is 0.0909. The van der Waals surface area contributed by atoms with Crippen LogP contribution in [0.15, 0.2) is 77.7 Å². The Morgan fingerprint density at radius 2 is 1.68 bits per heavy atom. The van der Waals surface area contributed by atoms with E-state index in [9.17, 15) is 22.8 Å². The highest BCUT2D eigenvalue weighted by Gasteiger charge is 2.15. The molecule has 160 valence electrons. The Kier molecular flexibility index (Phi) is 7.55. The molecule has 0 unspecified atom stereocenters. The summed E-state index contributed by atoms with van der Waals surface area (Å²) in [5, 5.41) is 5.01. The molecule has 5 nitrogen and oxygen atoms in total. The van der Waals surface area contributed by atoms with Crippen LogP contribution in [0.3, 0.4) is 0 Å². The number of benzene rings is 3. The first-order valence-corrected chi connectivity index (χ1v) is 9.93. The maximum absolute atomic E-state index is 13.6. The minimum atomic E-state index is -2.57. The van der Waals surface area contributed by atoms with Crippen LogP contribution in [0.5, 0.6) is 5.75 Å². The summed E-state index contributed by atoms with van der Waals surface area (Å²) in [6.07, 6.45) is 0. The molecule has 3 rings (SSSR count). The van der Waals surface area contributed by atoms with Gasteiger partial charge in [0.15, 0.2) is 6.61 Å². The zero-order valence-corrected chi connectivity index (χ0v) is 16.8. The lowest BCUT2D eigenvalue weighted by Gasteiger charge is -2.12. The number of carbonyl (C=O) groups excluding carboxylic acids is 2. The number of anilines is 2. The number of hydrogen-bond acceptors (Lipinski definition) is 4. The molecule has 0 fully saturated rings. The number of halogens is 3. The van der Waals surface area contributed by atoms with E-state index >= 15 is 0 Å². The van der Waals surface area contributed by atoms with Gasteiger partial charge in [0, 0.05) is 10.6 Å². The Morgan fingerprint density at radius 1 is 0.935 bits per heavy atom. The molecule has 31 heavy (non-hydrogen) atoms. The first-order chi connectivity index (χ1) is 14.9. The van der Waals surface area contributed by atoms with Crippen molar-refractivity contribution in [3.05, 3.63) is 84.2 Å². The molecule has 0 radical (unpaired) electrons. The van der Waals surface area contributed by atoms with Crippen LogP contribution in [0.25, 0.3) is 0 Å². The third-order valence-electron chi connectivity index (χ3n) is 3.96. The summed E-state index contributed by atoms with van der Waals surface area (Å²) in [5.74, 6) is -4.15. The Morgan fingerprint density at radius 3 is 2.45 bits per heavy atom. The number of alkyl halides is 2. The van der Waals surface area contributed by atoms with Gasteiger partial charge in [0.25, 0.3) is 17.6 Å². The van der Waals surface area contributed by atoms with Crippen molar-refractivity contribution in [3.63, 3.8) is 0 Å². The van der Waals surface area contributed by atoms with E-state index in [0.29, 0.717) is 22.3 Å². The van der Waals surface area contributed by atoms with E-state index in [-0.39, 0.29) is 17.0 Å². The van der Waals surface area contributed by atoms with Gasteiger partial charge in [-0.2, -0.15) is 8.78 Å². The fourth-order valence-corrected chi connectivity index (χ4v) is 3.18. The van der Waals surface area contributed by atoms with Gasteiger partial charge in [-0.25, -0.2) is 4.39 Å². The van der Waals surface area contributed by atoms with Crippen molar-refractivity contribution in [2.24, 2.45) is 0 Å². The highest BCUT2D eigenvalue weighted by molar-refractivity contribution is 7.99. The minimum Gasteiger partial charge on any atom is -0.483 e. The summed E-state index contributed by atoms with van der Waals surface area (Å²) in [7, 11) is 0. The van der Waals surface area contributed by atoms with Crippen LogP contribution < -0.4 is 15.4 Å². The van der Waals surface area contributed by atoms with E-state index in [4.69, 9.17) is 4.74 Å². The molecular formula is C22H17F3N2O3S. The zero-order chi connectivity index (χ0) is 22.2. The first kappa shape index (κ1) is 22.2. The van der Waals surface area contributed by atoms with Crippen molar-refractivity contribution in [1.82, 2.24) is 0 Å². The van der Waals surface area contributed by atoms with Crippen LogP contribution in [0.1, 0.15) is 10.4 Å². The Labute approximate surface area is 180 Å². The summed E-state index contributed by atoms with van der Waals surface area (Å²) in [6.45, 7) is -0.445. The smallest absolute Gasteiger partial charge is 0.288 e. The average molecular weight is 446 g/mol.